The Morgan fingerprint density at radius 2 is 2.44 bits per heavy atom. The Morgan fingerprint density at radius 1 is 1.62 bits per heavy atom. The average Bonchev–Trinajstić information content (AvgIpc) is 2.69. The van der Waals surface area contributed by atoms with Gasteiger partial charge in [0.2, 0.25) is 0 Å². The average molecular weight is 278 g/mol. The first-order valence-electron chi connectivity index (χ1n) is 5.21. The zero-order chi connectivity index (χ0) is 11.5. The highest BCUT2D eigenvalue weighted by Crippen LogP contribution is 2.32. The fraction of sp³-hybridized carbons (Fsp3) is 0.600. The Labute approximate surface area is 109 Å². The molecule has 0 bridgehead atoms. The minimum Gasteiger partial charge on any atom is -0.300 e. The molecule has 16 heavy (non-hydrogen) atoms. The first-order valence-corrected chi connectivity index (χ1v) is 7.56. The lowest BCUT2D eigenvalue weighted by atomic mass is 10.1. The van der Waals surface area contributed by atoms with Gasteiger partial charge in [-0.05, 0) is 19.2 Å². The molecule has 1 saturated heterocycles. The molecule has 3 nitrogen and oxygen atoms in total. The van der Waals surface area contributed by atoms with Crippen LogP contribution in [0.25, 0.3) is 0 Å². The first-order chi connectivity index (χ1) is 7.72. The highest BCUT2D eigenvalue weighted by Gasteiger charge is 2.29. The summed E-state index contributed by atoms with van der Waals surface area (Å²) < 4.78 is 0.821. The van der Waals surface area contributed by atoms with Gasteiger partial charge in [0.1, 0.15) is 0 Å². The Bertz CT molecular complexity index is 345. The number of hydrazine groups is 1. The zero-order valence-corrected chi connectivity index (χ0v) is 11.5. The van der Waals surface area contributed by atoms with Crippen LogP contribution in [-0.4, -0.2) is 36.0 Å². The molecule has 0 aromatic carbocycles. The van der Waals surface area contributed by atoms with Crippen molar-refractivity contribution in [3.8, 4) is 0 Å². The molecule has 2 unspecified atom stereocenters. The van der Waals surface area contributed by atoms with Crippen LogP contribution in [0, 0.1) is 0 Å². The molecule has 1 aromatic heterocycles. The van der Waals surface area contributed by atoms with E-state index in [0.29, 0.717) is 6.04 Å². The normalized spacial score (nSPS) is 24.6. The van der Waals surface area contributed by atoms with Crippen molar-refractivity contribution in [3.05, 3.63) is 21.3 Å². The molecule has 1 fully saturated rings. The van der Waals surface area contributed by atoms with Gasteiger partial charge in [-0.3, -0.25) is 16.2 Å². The van der Waals surface area contributed by atoms with Crippen LogP contribution in [0.4, 0.5) is 0 Å². The lowest BCUT2D eigenvalue weighted by Gasteiger charge is -2.37. The molecule has 0 radical (unpaired) electrons. The maximum atomic E-state index is 5.97. The van der Waals surface area contributed by atoms with Crippen LogP contribution in [0.5, 0.6) is 0 Å². The quantitative estimate of drug-likeness (QED) is 0.655. The maximum Gasteiger partial charge on any atom is 0.0931 e. The molecule has 0 saturated carbocycles. The van der Waals surface area contributed by atoms with E-state index in [1.54, 1.807) is 11.3 Å². The number of thiophene rings is 1. The number of halogens is 1. The Morgan fingerprint density at radius 3 is 3.00 bits per heavy atom. The van der Waals surface area contributed by atoms with E-state index >= 15 is 0 Å². The molecule has 3 N–H and O–H groups in total. The second kappa shape index (κ2) is 5.71. The molecule has 90 valence electrons. The summed E-state index contributed by atoms with van der Waals surface area (Å²) >= 11 is 9.56. The highest BCUT2D eigenvalue weighted by molar-refractivity contribution is 7.99. The molecule has 0 amide bonds. The van der Waals surface area contributed by atoms with E-state index in [1.807, 2.05) is 17.8 Å². The number of hydrogen-bond donors (Lipinski definition) is 2. The van der Waals surface area contributed by atoms with Gasteiger partial charge in [0.05, 0.1) is 10.4 Å². The van der Waals surface area contributed by atoms with Gasteiger partial charge < -0.3 is 0 Å². The summed E-state index contributed by atoms with van der Waals surface area (Å²) in [7, 11) is 2.16. The van der Waals surface area contributed by atoms with Crippen LogP contribution in [-0.2, 0) is 0 Å². The van der Waals surface area contributed by atoms with Crippen LogP contribution < -0.4 is 11.3 Å². The molecular formula is C10H16ClN3S2. The minimum absolute atomic E-state index is 0.176. The molecule has 2 heterocycles. The predicted molar refractivity (Wildman–Crippen MR) is 73.1 cm³/mol. The third-order valence-corrected chi connectivity index (χ3v) is 5.27. The minimum atomic E-state index is 0.176. The summed E-state index contributed by atoms with van der Waals surface area (Å²) in [5, 5.41) is 0. The van der Waals surface area contributed by atoms with Crippen molar-refractivity contribution in [1.82, 2.24) is 10.3 Å². The van der Waals surface area contributed by atoms with Crippen LogP contribution in [0.15, 0.2) is 12.1 Å². The van der Waals surface area contributed by atoms with Crippen molar-refractivity contribution in [2.75, 3.05) is 25.1 Å². The van der Waals surface area contributed by atoms with Crippen molar-refractivity contribution in [3.63, 3.8) is 0 Å². The predicted octanol–water partition coefficient (Wildman–Crippen LogP) is 1.95. The Hall–Kier alpha value is 0.220. The van der Waals surface area contributed by atoms with Crippen LogP contribution in [0.2, 0.25) is 4.34 Å². The van der Waals surface area contributed by atoms with Crippen molar-refractivity contribution in [2.45, 2.75) is 12.1 Å². The molecule has 0 spiro atoms. The maximum absolute atomic E-state index is 5.97. The number of likely N-dealkylation sites (N-methyl/N-ethyl adjacent to an activating group) is 1. The van der Waals surface area contributed by atoms with Crippen molar-refractivity contribution >= 4 is 34.7 Å². The molecule has 1 aromatic rings. The van der Waals surface area contributed by atoms with Crippen molar-refractivity contribution in [2.24, 2.45) is 5.84 Å². The van der Waals surface area contributed by atoms with Crippen molar-refractivity contribution < 1.29 is 0 Å². The number of nitrogens with one attached hydrogen (secondary N) is 1. The summed E-state index contributed by atoms with van der Waals surface area (Å²) in [5.41, 5.74) is 2.93. The zero-order valence-electron chi connectivity index (χ0n) is 9.15. The summed E-state index contributed by atoms with van der Waals surface area (Å²) in [6.07, 6.45) is 0. The van der Waals surface area contributed by atoms with E-state index in [9.17, 15) is 0 Å². The summed E-state index contributed by atoms with van der Waals surface area (Å²) in [6.45, 7) is 1.12. The van der Waals surface area contributed by atoms with E-state index in [2.05, 4.69) is 23.4 Å². The summed E-state index contributed by atoms with van der Waals surface area (Å²) in [6, 6.07) is 4.61. The van der Waals surface area contributed by atoms with Gasteiger partial charge in [-0.1, -0.05) is 11.6 Å². The number of thioether (sulfide) groups is 1. The third-order valence-electron chi connectivity index (χ3n) is 2.91. The van der Waals surface area contributed by atoms with Gasteiger partial charge >= 0.3 is 0 Å². The number of nitrogens with zero attached hydrogens (tertiary/aromatic N) is 1. The van der Waals surface area contributed by atoms with Gasteiger partial charge in [-0.15, -0.1) is 11.3 Å². The Balaban J connectivity index is 2.14. The second-order valence-corrected chi connectivity index (χ2v) is 6.81. The molecule has 1 aliphatic heterocycles. The van der Waals surface area contributed by atoms with Gasteiger partial charge in [-0.2, -0.15) is 11.8 Å². The molecule has 1 aliphatic rings. The van der Waals surface area contributed by atoms with E-state index < -0.39 is 0 Å². The Kier molecular flexibility index (Phi) is 4.52. The highest BCUT2D eigenvalue weighted by atomic mass is 35.5. The smallest absolute Gasteiger partial charge is 0.0931 e. The molecule has 2 rings (SSSR count). The van der Waals surface area contributed by atoms with Gasteiger partial charge in [0.25, 0.3) is 0 Å². The largest absolute Gasteiger partial charge is 0.300 e. The van der Waals surface area contributed by atoms with Crippen LogP contribution in [0.3, 0.4) is 0 Å². The molecule has 6 heteroatoms. The summed E-state index contributed by atoms with van der Waals surface area (Å²) in [5.74, 6) is 8.00. The molecular weight excluding hydrogens is 262 g/mol. The lowest BCUT2D eigenvalue weighted by Crippen LogP contribution is -2.49. The van der Waals surface area contributed by atoms with E-state index in [-0.39, 0.29) is 6.04 Å². The van der Waals surface area contributed by atoms with Gasteiger partial charge in [-0.25, -0.2) is 0 Å². The standard InChI is InChI=1S/C10H16ClN3S2/c1-14-4-5-15-6-7(14)10(13-12)8-2-3-9(11)16-8/h2-3,7,10,13H,4-6,12H2,1H3. The van der Waals surface area contributed by atoms with E-state index in [1.165, 1.54) is 10.6 Å². The van der Waals surface area contributed by atoms with Crippen molar-refractivity contribution in [1.29, 1.82) is 0 Å². The fourth-order valence-electron chi connectivity index (χ4n) is 1.93. The van der Waals surface area contributed by atoms with Crippen LogP contribution >= 0.6 is 34.7 Å². The van der Waals surface area contributed by atoms with Gasteiger partial charge in [0, 0.05) is 29.0 Å². The van der Waals surface area contributed by atoms with Crippen LogP contribution in [0.1, 0.15) is 10.9 Å². The lowest BCUT2D eigenvalue weighted by molar-refractivity contribution is 0.218. The number of nitrogens with two attached hydrogens (primary N) is 1. The van der Waals surface area contributed by atoms with E-state index in [4.69, 9.17) is 17.4 Å². The number of hydrogen-bond acceptors (Lipinski definition) is 5. The third kappa shape index (κ3) is 2.72. The first kappa shape index (κ1) is 12.7. The van der Waals surface area contributed by atoms with E-state index in [0.717, 1.165) is 16.6 Å². The monoisotopic (exact) mass is 277 g/mol. The SMILES string of the molecule is CN1CCSCC1C(NN)c1ccc(Cl)s1. The second-order valence-electron chi connectivity index (χ2n) is 3.91. The summed E-state index contributed by atoms with van der Waals surface area (Å²) in [4.78, 5) is 3.58. The van der Waals surface area contributed by atoms with Gasteiger partial charge in [0.15, 0.2) is 0 Å². The topological polar surface area (TPSA) is 41.3 Å². The molecule has 0 aliphatic carbocycles. The molecule has 2 atom stereocenters. The number of rotatable bonds is 3. The fourth-order valence-corrected chi connectivity index (χ4v) is 4.39.